The number of ketones is 1. The standard InChI is InChI=1S/C45H56FN5O9/c1-45(2)33-27-30(46)18-21-35(33)49(36(45)28-32-42(56)41(43(32)57)29-16-19-31(59-6)20-17-29)25-10-7-8-14-37(52)48-34(13-9-11-26-51(3,4)5)44(58)47-24-12-15-40(55)60-50-38(53)22-23-39(50)54/h16-21,27-28,34H,7-15,22-26H2,1-6H3,(H-2,47,48,52,56,57,58)/p+2. The summed E-state index contributed by atoms with van der Waals surface area (Å²) in [5.74, 6) is -2.63. The van der Waals surface area contributed by atoms with Crippen LogP contribution < -0.4 is 15.4 Å². The van der Waals surface area contributed by atoms with Crippen LogP contribution in [0, 0.1) is 5.82 Å². The van der Waals surface area contributed by atoms with Crippen molar-refractivity contribution in [1.29, 1.82) is 0 Å². The van der Waals surface area contributed by atoms with Crippen molar-refractivity contribution in [2.45, 2.75) is 95.9 Å². The quantitative estimate of drug-likeness (QED) is 0.0509. The number of benzene rings is 2. The summed E-state index contributed by atoms with van der Waals surface area (Å²) in [4.78, 5) is 80.3. The van der Waals surface area contributed by atoms with Gasteiger partial charge in [0.25, 0.3) is 11.8 Å². The lowest BCUT2D eigenvalue weighted by Crippen LogP contribution is -2.47. The Morgan fingerprint density at radius 3 is 2.30 bits per heavy atom. The lowest BCUT2D eigenvalue weighted by Gasteiger charge is -2.24. The van der Waals surface area contributed by atoms with E-state index in [0.29, 0.717) is 55.0 Å². The number of rotatable bonds is 21. The highest BCUT2D eigenvalue weighted by molar-refractivity contribution is 6.40. The fraction of sp³-hybridized carbons (Fsp3) is 0.489. The molecule has 15 heteroatoms. The van der Waals surface area contributed by atoms with Gasteiger partial charge in [-0.1, -0.05) is 12.1 Å². The van der Waals surface area contributed by atoms with Gasteiger partial charge in [-0.25, -0.2) is 9.18 Å². The van der Waals surface area contributed by atoms with Crippen molar-refractivity contribution in [2.75, 3.05) is 47.9 Å². The summed E-state index contributed by atoms with van der Waals surface area (Å²) >= 11 is 0. The van der Waals surface area contributed by atoms with Crippen molar-refractivity contribution in [3.05, 3.63) is 76.8 Å². The molecule has 3 aliphatic rings. The Hall–Kier alpha value is -5.70. The lowest BCUT2D eigenvalue weighted by molar-refractivity contribution is -0.870. The van der Waals surface area contributed by atoms with Crippen molar-refractivity contribution < 1.29 is 56.9 Å². The van der Waals surface area contributed by atoms with Gasteiger partial charge in [0.1, 0.15) is 29.9 Å². The molecule has 14 nitrogen and oxygen atoms in total. The van der Waals surface area contributed by atoms with E-state index in [0.717, 1.165) is 34.4 Å². The average Bonchev–Trinajstić information content (AvgIpc) is 3.62. The molecule has 2 aliphatic heterocycles. The maximum Gasteiger partial charge on any atom is 0.333 e. The predicted molar refractivity (Wildman–Crippen MR) is 221 cm³/mol. The van der Waals surface area contributed by atoms with Gasteiger partial charge in [-0.05, 0) is 82.2 Å². The van der Waals surface area contributed by atoms with Gasteiger partial charge in [0.15, 0.2) is 5.71 Å². The number of nitrogens with one attached hydrogen (secondary N) is 2. The Morgan fingerprint density at radius 1 is 0.950 bits per heavy atom. The lowest BCUT2D eigenvalue weighted by atomic mass is 9.77. The number of hydrogen-bond donors (Lipinski definition) is 3. The Bertz CT molecular complexity index is 2080. The number of hydrogen-bond acceptors (Lipinski definition) is 9. The first-order valence-corrected chi connectivity index (χ1v) is 20.6. The number of amides is 4. The highest BCUT2D eigenvalue weighted by Gasteiger charge is 2.47. The zero-order chi connectivity index (χ0) is 43.8. The molecule has 1 aliphatic carbocycles. The summed E-state index contributed by atoms with van der Waals surface area (Å²) in [6, 6.07) is 10.7. The number of carbonyl (C=O) groups excluding carboxylic acids is 6. The van der Waals surface area contributed by atoms with Crippen molar-refractivity contribution in [3.8, 4) is 5.75 Å². The first kappa shape index (κ1) is 45.4. The SMILES string of the molecule is COc1ccc(C2=C(O)/C(=C/C3=[N+](CCCCCC(=O)NC(CCCC[N+](C)(C)C)C(=O)NCCCC(=O)ON4C(=O)CCC4=O)c4ccc(F)cc4C3(C)C)C2=O)cc1. The summed E-state index contributed by atoms with van der Waals surface area (Å²) in [7, 11) is 7.81. The second-order valence-electron chi connectivity index (χ2n) is 17.0. The smallest absolute Gasteiger partial charge is 0.333 e. The number of fused-ring (bicyclic) bond motifs is 1. The largest absolute Gasteiger partial charge is 0.506 e. The van der Waals surface area contributed by atoms with Crippen LogP contribution in [0.1, 0.15) is 95.6 Å². The topological polar surface area (TPSA) is 171 Å². The number of Topliss-reactive ketones (excluding diaryl/α,β-unsaturated/α-hetero) is 1. The van der Waals surface area contributed by atoms with Gasteiger partial charge in [-0.3, -0.25) is 24.0 Å². The molecule has 1 fully saturated rings. The Labute approximate surface area is 350 Å². The second kappa shape index (κ2) is 19.6. The Kier molecular flexibility index (Phi) is 14.8. The molecule has 0 spiro atoms. The number of methoxy groups -OCH3 is 1. The van der Waals surface area contributed by atoms with E-state index in [1.54, 1.807) is 43.5 Å². The number of ether oxygens (including phenoxy) is 1. The van der Waals surface area contributed by atoms with Crippen LogP contribution in [-0.4, -0.2) is 114 Å². The molecule has 2 heterocycles. The summed E-state index contributed by atoms with van der Waals surface area (Å²) in [5, 5.41) is 17.3. The fourth-order valence-corrected chi connectivity index (χ4v) is 7.64. The molecule has 2 aromatic carbocycles. The molecule has 60 heavy (non-hydrogen) atoms. The number of nitrogens with zero attached hydrogens (tertiary/aromatic N) is 3. The van der Waals surface area contributed by atoms with Gasteiger partial charge < -0.3 is 29.8 Å². The molecule has 3 N–H and O–H groups in total. The first-order chi connectivity index (χ1) is 28.4. The third kappa shape index (κ3) is 11.1. The van der Waals surface area contributed by atoms with Crippen LogP contribution in [0.4, 0.5) is 10.1 Å². The van der Waals surface area contributed by atoms with Crippen LogP contribution in [0.2, 0.25) is 0 Å². The normalized spacial score (nSPS) is 17.2. The van der Waals surface area contributed by atoms with E-state index in [2.05, 4.69) is 36.4 Å². The third-order valence-corrected chi connectivity index (χ3v) is 11.0. The number of imide groups is 1. The van der Waals surface area contributed by atoms with Gasteiger partial charge in [0.2, 0.25) is 23.3 Å². The minimum Gasteiger partial charge on any atom is -0.506 e. The first-order valence-electron chi connectivity index (χ1n) is 20.6. The minimum absolute atomic E-state index is 0.000764. The number of hydroxylamine groups is 2. The number of halogens is 1. The summed E-state index contributed by atoms with van der Waals surface area (Å²) in [5.41, 5.74) is 2.64. The molecule has 1 unspecified atom stereocenters. The molecule has 2 aromatic rings. The van der Waals surface area contributed by atoms with Crippen LogP contribution >= 0.6 is 0 Å². The van der Waals surface area contributed by atoms with Gasteiger partial charge in [-0.15, -0.1) is 5.06 Å². The van der Waals surface area contributed by atoms with Crippen LogP contribution in [0.15, 0.2) is 59.9 Å². The molecule has 5 rings (SSSR count). The van der Waals surface area contributed by atoms with Gasteiger partial charge in [-0.2, -0.15) is 4.58 Å². The molecule has 0 radical (unpaired) electrons. The zero-order valence-corrected chi connectivity index (χ0v) is 35.5. The van der Waals surface area contributed by atoms with E-state index < -0.39 is 29.2 Å². The molecule has 0 saturated carbocycles. The molecular weight excluding hydrogens is 774 g/mol. The third-order valence-electron chi connectivity index (χ3n) is 11.0. The minimum atomic E-state index is -0.768. The number of quaternary nitrogens is 1. The van der Waals surface area contributed by atoms with E-state index >= 15 is 0 Å². The summed E-state index contributed by atoms with van der Waals surface area (Å²) in [6.45, 7) is 5.47. The van der Waals surface area contributed by atoms with E-state index in [4.69, 9.17) is 9.57 Å². The number of unbranched alkanes of at least 4 members (excludes halogenated alkanes) is 3. The van der Waals surface area contributed by atoms with Crippen molar-refractivity contribution in [3.63, 3.8) is 0 Å². The van der Waals surface area contributed by atoms with Gasteiger partial charge in [0, 0.05) is 56.4 Å². The van der Waals surface area contributed by atoms with Crippen molar-refractivity contribution >= 4 is 52.4 Å². The molecule has 0 bridgehead atoms. The summed E-state index contributed by atoms with van der Waals surface area (Å²) < 4.78 is 22.6. The molecule has 1 saturated heterocycles. The number of aliphatic hydroxyl groups is 1. The second-order valence-corrected chi connectivity index (χ2v) is 17.0. The van der Waals surface area contributed by atoms with E-state index in [-0.39, 0.29) is 79.0 Å². The molecule has 4 amide bonds. The van der Waals surface area contributed by atoms with Crippen LogP contribution in [0.25, 0.3) is 5.57 Å². The number of carbonyl (C=O) groups is 6. The molecule has 322 valence electrons. The van der Waals surface area contributed by atoms with Crippen LogP contribution in [-0.2, 0) is 39.0 Å². The maximum atomic E-state index is 14.6. The van der Waals surface area contributed by atoms with Crippen LogP contribution in [0.5, 0.6) is 5.75 Å². The van der Waals surface area contributed by atoms with E-state index in [1.807, 2.05) is 13.8 Å². The maximum absolute atomic E-state index is 14.6. The highest BCUT2D eigenvalue weighted by atomic mass is 19.1. The number of aliphatic hydroxyl groups excluding tert-OH is 1. The molecule has 1 atom stereocenters. The van der Waals surface area contributed by atoms with Gasteiger partial charge >= 0.3 is 5.97 Å². The monoisotopic (exact) mass is 831 g/mol. The molecular formula is C45H58FN5O9+2. The van der Waals surface area contributed by atoms with Crippen molar-refractivity contribution in [2.24, 2.45) is 0 Å². The van der Waals surface area contributed by atoms with Gasteiger partial charge in [0.05, 0.1) is 51.4 Å². The zero-order valence-electron chi connectivity index (χ0n) is 35.5. The summed E-state index contributed by atoms with van der Waals surface area (Å²) in [6.07, 6.45) is 5.88. The fourth-order valence-electron chi connectivity index (χ4n) is 7.64. The average molecular weight is 832 g/mol. The Balaban J connectivity index is 1.17. The highest BCUT2D eigenvalue weighted by Crippen LogP contribution is 2.43. The number of allylic oxidation sites excluding steroid dienone is 3. The van der Waals surface area contributed by atoms with Crippen LogP contribution in [0.3, 0.4) is 0 Å². The van der Waals surface area contributed by atoms with Crippen molar-refractivity contribution in [1.82, 2.24) is 15.7 Å². The van der Waals surface area contributed by atoms with E-state index in [9.17, 15) is 38.3 Å². The molecule has 0 aromatic heterocycles. The Morgan fingerprint density at radius 2 is 1.65 bits per heavy atom. The predicted octanol–water partition coefficient (Wildman–Crippen LogP) is 5.11. The van der Waals surface area contributed by atoms with E-state index in [1.165, 1.54) is 12.1 Å².